The Morgan fingerprint density at radius 2 is 1.73 bits per heavy atom. The molecule has 0 aromatic heterocycles. The second kappa shape index (κ2) is 6.77. The number of carboxylic acid groups (broad SMARTS) is 2. The average molecular weight is 219 g/mol. The minimum absolute atomic E-state index is 0.179. The molecule has 7 heteroatoms. The molecule has 0 aliphatic heterocycles. The van der Waals surface area contributed by atoms with Crippen LogP contribution in [0.3, 0.4) is 0 Å². The van der Waals surface area contributed by atoms with E-state index >= 15 is 0 Å². The molecule has 0 fully saturated rings. The maximum atomic E-state index is 10.9. The summed E-state index contributed by atoms with van der Waals surface area (Å²) in [4.78, 5) is 31.7. The second-order valence-corrected chi connectivity index (χ2v) is 2.86. The number of rotatable bonds is 7. The number of carboxylic acids is 2. The molecule has 86 valence electrons. The fourth-order valence-corrected chi connectivity index (χ4v) is 0.893. The summed E-state index contributed by atoms with van der Waals surface area (Å²) in [6, 6.07) is -1.22. The summed E-state index contributed by atoms with van der Waals surface area (Å²) in [5, 5.41) is 27.5. The maximum Gasteiger partial charge on any atom is 0.326 e. The molecule has 0 heterocycles. The average Bonchev–Trinajstić information content (AvgIpc) is 2.11. The van der Waals surface area contributed by atoms with Crippen LogP contribution in [0.1, 0.15) is 19.3 Å². The van der Waals surface area contributed by atoms with Gasteiger partial charge in [-0.3, -0.25) is 9.59 Å². The number of carbonyl (C=O) groups excluding carboxylic acids is 1. The summed E-state index contributed by atoms with van der Waals surface area (Å²) in [6.07, 6.45) is -0.713. The van der Waals surface area contributed by atoms with E-state index in [-0.39, 0.29) is 25.9 Å². The standard InChI is InChI=1S/C8H13NO6/c10-4-3-6(11)9-5(8(14)15)1-2-7(12)13/h5,10H,1-4H2,(H,9,11)(H,12,13)(H,14,15). The van der Waals surface area contributed by atoms with E-state index in [4.69, 9.17) is 15.3 Å². The predicted octanol–water partition coefficient (Wildman–Crippen LogP) is -1.20. The minimum atomic E-state index is -1.29. The lowest BCUT2D eigenvalue weighted by Crippen LogP contribution is -2.41. The first-order valence-electron chi connectivity index (χ1n) is 4.32. The first kappa shape index (κ1) is 13.4. The van der Waals surface area contributed by atoms with Gasteiger partial charge >= 0.3 is 11.9 Å². The van der Waals surface area contributed by atoms with E-state index in [0.717, 1.165) is 0 Å². The Kier molecular flexibility index (Phi) is 6.03. The molecule has 0 rings (SSSR count). The summed E-state index contributed by atoms with van der Waals surface area (Å²) in [6.45, 7) is -0.378. The number of nitrogens with one attached hydrogen (secondary N) is 1. The molecule has 7 nitrogen and oxygen atoms in total. The molecule has 0 spiro atoms. The van der Waals surface area contributed by atoms with Crippen LogP contribution in [0, 0.1) is 0 Å². The minimum Gasteiger partial charge on any atom is -0.481 e. The van der Waals surface area contributed by atoms with Gasteiger partial charge < -0.3 is 20.6 Å². The Morgan fingerprint density at radius 3 is 2.13 bits per heavy atom. The van der Waals surface area contributed by atoms with E-state index in [0.29, 0.717) is 0 Å². The Labute approximate surface area is 85.7 Å². The lowest BCUT2D eigenvalue weighted by Gasteiger charge is -2.12. The number of amides is 1. The maximum absolute atomic E-state index is 10.9. The van der Waals surface area contributed by atoms with Crippen LogP contribution < -0.4 is 5.32 Å². The van der Waals surface area contributed by atoms with Crippen molar-refractivity contribution < 1.29 is 29.7 Å². The molecule has 0 aliphatic rings. The van der Waals surface area contributed by atoms with Crippen LogP contribution in [-0.4, -0.2) is 45.8 Å². The smallest absolute Gasteiger partial charge is 0.326 e. The fraction of sp³-hybridized carbons (Fsp3) is 0.625. The van der Waals surface area contributed by atoms with E-state index in [9.17, 15) is 14.4 Å². The Morgan fingerprint density at radius 1 is 1.13 bits per heavy atom. The van der Waals surface area contributed by atoms with Gasteiger partial charge in [0, 0.05) is 12.8 Å². The van der Waals surface area contributed by atoms with Gasteiger partial charge in [0.1, 0.15) is 6.04 Å². The fourth-order valence-electron chi connectivity index (χ4n) is 0.893. The Bertz CT molecular complexity index is 252. The molecule has 0 aromatic carbocycles. The number of aliphatic hydroxyl groups is 1. The molecular weight excluding hydrogens is 206 g/mol. The van der Waals surface area contributed by atoms with Crippen molar-refractivity contribution in [1.29, 1.82) is 0 Å². The van der Waals surface area contributed by atoms with Crippen molar-refractivity contribution in [3.8, 4) is 0 Å². The molecular formula is C8H13NO6. The van der Waals surface area contributed by atoms with Gasteiger partial charge in [-0.1, -0.05) is 0 Å². The molecule has 0 aliphatic carbocycles. The van der Waals surface area contributed by atoms with Crippen LogP contribution in [0.15, 0.2) is 0 Å². The zero-order valence-corrected chi connectivity index (χ0v) is 7.97. The summed E-state index contributed by atoms with van der Waals surface area (Å²) >= 11 is 0. The molecule has 0 aromatic rings. The van der Waals surface area contributed by atoms with Crippen LogP contribution in [0.25, 0.3) is 0 Å². The highest BCUT2D eigenvalue weighted by Gasteiger charge is 2.20. The topological polar surface area (TPSA) is 124 Å². The molecule has 0 saturated heterocycles. The third-order valence-electron chi connectivity index (χ3n) is 1.62. The summed E-state index contributed by atoms with van der Waals surface area (Å²) in [5.74, 6) is -3.03. The molecule has 1 unspecified atom stereocenters. The molecule has 0 saturated carbocycles. The van der Waals surface area contributed by atoms with Crippen molar-refractivity contribution in [3.63, 3.8) is 0 Å². The van der Waals surface area contributed by atoms with E-state index < -0.39 is 23.9 Å². The van der Waals surface area contributed by atoms with Crippen molar-refractivity contribution in [1.82, 2.24) is 5.32 Å². The third-order valence-corrected chi connectivity index (χ3v) is 1.62. The van der Waals surface area contributed by atoms with Crippen molar-refractivity contribution in [3.05, 3.63) is 0 Å². The van der Waals surface area contributed by atoms with Gasteiger partial charge in [-0.15, -0.1) is 0 Å². The zero-order chi connectivity index (χ0) is 11.8. The van der Waals surface area contributed by atoms with E-state index in [1.165, 1.54) is 0 Å². The second-order valence-electron chi connectivity index (χ2n) is 2.86. The number of aliphatic carboxylic acids is 2. The first-order valence-corrected chi connectivity index (χ1v) is 4.32. The predicted molar refractivity (Wildman–Crippen MR) is 48.1 cm³/mol. The molecule has 4 N–H and O–H groups in total. The Hall–Kier alpha value is -1.63. The van der Waals surface area contributed by atoms with Crippen LogP contribution in [-0.2, 0) is 14.4 Å². The van der Waals surface area contributed by atoms with Crippen LogP contribution in [0.4, 0.5) is 0 Å². The van der Waals surface area contributed by atoms with Gasteiger partial charge in [-0.05, 0) is 6.42 Å². The highest BCUT2D eigenvalue weighted by Crippen LogP contribution is 1.98. The number of carbonyl (C=O) groups is 3. The quantitative estimate of drug-likeness (QED) is 0.426. The van der Waals surface area contributed by atoms with Gasteiger partial charge in [0.15, 0.2) is 0 Å². The summed E-state index contributed by atoms with van der Waals surface area (Å²) < 4.78 is 0. The molecule has 0 radical (unpaired) electrons. The summed E-state index contributed by atoms with van der Waals surface area (Å²) in [5.41, 5.74) is 0. The van der Waals surface area contributed by atoms with E-state index in [1.807, 2.05) is 0 Å². The van der Waals surface area contributed by atoms with Crippen molar-refractivity contribution in [2.24, 2.45) is 0 Å². The number of hydrogen-bond acceptors (Lipinski definition) is 4. The monoisotopic (exact) mass is 219 g/mol. The van der Waals surface area contributed by atoms with Crippen LogP contribution in [0.2, 0.25) is 0 Å². The highest BCUT2D eigenvalue weighted by atomic mass is 16.4. The van der Waals surface area contributed by atoms with Crippen LogP contribution >= 0.6 is 0 Å². The molecule has 1 amide bonds. The van der Waals surface area contributed by atoms with Gasteiger partial charge in [0.05, 0.1) is 6.61 Å². The molecule has 1 atom stereocenters. The van der Waals surface area contributed by atoms with Crippen molar-refractivity contribution in [2.45, 2.75) is 25.3 Å². The Balaban J connectivity index is 4.10. The lowest BCUT2D eigenvalue weighted by molar-refractivity contribution is -0.143. The highest BCUT2D eigenvalue weighted by molar-refractivity contribution is 5.83. The largest absolute Gasteiger partial charge is 0.481 e. The number of aliphatic hydroxyl groups excluding tert-OH is 1. The summed E-state index contributed by atoms with van der Waals surface area (Å²) in [7, 11) is 0. The molecule has 15 heavy (non-hydrogen) atoms. The van der Waals surface area contributed by atoms with Crippen molar-refractivity contribution >= 4 is 17.8 Å². The van der Waals surface area contributed by atoms with Gasteiger partial charge in [-0.2, -0.15) is 0 Å². The van der Waals surface area contributed by atoms with Gasteiger partial charge in [-0.25, -0.2) is 4.79 Å². The normalized spacial score (nSPS) is 11.8. The van der Waals surface area contributed by atoms with E-state index in [2.05, 4.69) is 5.32 Å². The van der Waals surface area contributed by atoms with Gasteiger partial charge in [0.2, 0.25) is 5.91 Å². The van der Waals surface area contributed by atoms with E-state index in [1.54, 1.807) is 0 Å². The van der Waals surface area contributed by atoms with Crippen LogP contribution in [0.5, 0.6) is 0 Å². The number of hydrogen-bond donors (Lipinski definition) is 4. The third kappa shape index (κ3) is 6.44. The first-order chi connectivity index (χ1) is 6.97. The zero-order valence-electron chi connectivity index (χ0n) is 7.97. The SMILES string of the molecule is O=C(O)CCC(NC(=O)CCO)C(=O)O. The lowest BCUT2D eigenvalue weighted by atomic mass is 10.1. The van der Waals surface area contributed by atoms with Crippen molar-refractivity contribution in [2.75, 3.05) is 6.61 Å². The molecule has 0 bridgehead atoms. The van der Waals surface area contributed by atoms with Gasteiger partial charge in [0.25, 0.3) is 0 Å².